The van der Waals surface area contributed by atoms with E-state index in [4.69, 9.17) is 0 Å². The summed E-state index contributed by atoms with van der Waals surface area (Å²) >= 11 is 3.33. The summed E-state index contributed by atoms with van der Waals surface area (Å²) in [4.78, 5) is 0. The molecule has 1 unspecified atom stereocenters. The molecular formula is C7H14BrNO2S. The van der Waals surface area contributed by atoms with E-state index in [-0.39, 0.29) is 12.1 Å². The molecule has 0 saturated carbocycles. The Morgan fingerprint density at radius 1 is 1.58 bits per heavy atom. The fraction of sp³-hybridized carbons (Fsp3) is 1.00. The first-order valence-corrected chi connectivity index (χ1v) is 6.79. The third-order valence-corrected chi connectivity index (χ3v) is 4.94. The largest absolute Gasteiger partial charge is 0.214 e. The first-order chi connectivity index (χ1) is 5.49. The van der Waals surface area contributed by atoms with Crippen LogP contribution in [0.4, 0.5) is 0 Å². The maximum absolute atomic E-state index is 11.5. The van der Waals surface area contributed by atoms with Gasteiger partial charge in [0, 0.05) is 17.4 Å². The summed E-state index contributed by atoms with van der Waals surface area (Å²) in [5.74, 6) is 0.307. The monoisotopic (exact) mass is 255 g/mol. The van der Waals surface area contributed by atoms with Crippen LogP contribution in [0.2, 0.25) is 0 Å². The van der Waals surface area contributed by atoms with Crippen molar-refractivity contribution in [2.75, 3.05) is 11.1 Å². The fourth-order valence-corrected chi connectivity index (χ4v) is 4.52. The average Bonchev–Trinajstić information content (AvgIpc) is 2.24. The van der Waals surface area contributed by atoms with Crippen molar-refractivity contribution in [2.45, 2.75) is 32.4 Å². The molecule has 0 aliphatic carbocycles. The number of alkyl halides is 1. The molecule has 0 spiro atoms. The van der Waals surface area contributed by atoms with Crippen molar-refractivity contribution in [3.8, 4) is 0 Å². The van der Waals surface area contributed by atoms with E-state index in [0.717, 1.165) is 11.8 Å². The summed E-state index contributed by atoms with van der Waals surface area (Å²) in [7, 11) is -2.94. The molecule has 12 heavy (non-hydrogen) atoms. The van der Waals surface area contributed by atoms with Crippen LogP contribution in [0.15, 0.2) is 0 Å². The lowest BCUT2D eigenvalue weighted by Crippen LogP contribution is -2.39. The zero-order valence-electron chi connectivity index (χ0n) is 7.33. The fourth-order valence-electron chi connectivity index (χ4n) is 1.63. The summed E-state index contributed by atoms with van der Waals surface area (Å²) in [6.07, 6.45) is 0.756. The van der Waals surface area contributed by atoms with Crippen LogP contribution in [0.1, 0.15) is 20.3 Å². The molecule has 1 heterocycles. The second-order valence-corrected chi connectivity index (χ2v) is 5.98. The van der Waals surface area contributed by atoms with Crippen LogP contribution < -0.4 is 0 Å². The van der Waals surface area contributed by atoms with Gasteiger partial charge in [-0.3, -0.25) is 0 Å². The normalized spacial score (nSPS) is 29.8. The van der Waals surface area contributed by atoms with Gasteiger partial charge in [0.2, 0.25) is 10.0 Å². The van der Waals surface area contributed by atoms with Crippen molar-refractivity contribution in [1.82, 2.24) is 4.31 Å². The Morgan fingerprint density at radius 2 is 2.17 bits per heavy atom. The van der Waals surface area contributed by atoms with E-state index >= 15 is 0 Å². The zero-order valence-corrected chi connectivity index (χ0v) is 9.73. The maximum Gasteiger partial charge on any atom is 0.214 e. The van der Waals surface area contributed by atoms with Crippen molar-refractivity contribution < 1.29 is 8.42 Å². The molecular weight excluding hydrogens is 242 g/mol. The number of nitrogens with zero attached hydrogens (tertiary/aromatic N) is 1. The van der Waals surface area contributed by atoms with Gasteiger partial charge in [0.1, 0.15) is 0 Å². The highest BCUT2D eigenvalue weighted by atomic mass is 79.9. The Labute approximate surface area is 82.3 Å². The molecule has 0 aromatic carbocycles. The van der Waals surface area contributed by atoms with Gasteiger partial charge in [-0.2, -0.15) is 4.31 Å². The number of halogens is 1. The molecule has 0 amide bonds. The molecule has 0 radical (unpaired) electrons. The van der Waals surface area contributed by atoms with Gasteiger partial charge in [0.05, 0.1) is 5.75 Å². The molecule has 0 aromatic rings. The second-order valence-electron chi connectivity index (χ2n) is 3.34. The average molecular weight is 256 g/mol. The summed E-state index contributed by atoms with van der Waals surface area (Å²) in [5, 5.41) is 0.740. The van der Waals surface area contributed by atoms with Crippen molar-refractivity contribution >= 4 is 26.0 Å². The van der Waals surface area contributed by atoms with Crippen molar-refractivity contribution in [1.29, 1.82) is 0 Å². The Morgan fingerprint density at radius 3 is 2.50 bits per heavy atom. The minimum Gasteiger partial charge on any atom is -0.212 e. The summed E-state index contributed by atoms with van der Waals surface area (Å²) in [6, 6.07) is 0.245. The lowest BCUT2D eigenvalue weighted by molar-refractivity contribution is 0.314. The van der Waals surface area contributed by atoms with Crippen LogP contribution in [-0.4, -0.2) is 35.9 Å². The maximum atomic E-state index is 11.5. The van der Waals surface area contributed by atoms with Crippen LogP contribution in [-0.2, 0) is 10.0 Å². The topological polar surface area (TPSA) is 37.4 Å². The van der Waals surface area contributed by atoms with Gasteiger partial charge in [-0.15, -0.1) is 0 Å². The van der Waals surface area contributed by atoms with E-state index in [9.17, 15) is 8.42 Å². The predicted octanol–water partition coefficient (Wildman–Crippen LogP) is 1.19. The van der Waals surface area contributed by atoms with Gasteiger partial charge in [-0.1, -0.05) is 15.9 Å². The van der Waals surface area contributed by atoms with Crippen LogP contribution >= 0.6 is 15.9 Å². The van der Waals surface area contributed by atoms with Crippen LogP contribution in [0, 0.1) is 0 Å². The van der Waals surface area contributed by atoms with Crippen molar-refractivity contribution in [2.24, 2.45) is 0 Å². The molecule has 1 saturated heterocycles. The summed E-state index contributed by atoms with van der Waals surface area (Å²) in [5.41, 5.74) is 0. The third-order valence-electron chi connectivity index (χ3n) is 2.08. The van der Waals surface area contributed by atoms with E-state index < -0.39 is 10.0 Å². The molecule has 0 bridgehead atoms. The molecule has 1 fully saturated rings. The molecule has 1 atom stereocenters. The predicted molar refractivity (Wildman–Crippen MR) is 53.0 cm³/mol. The van der Waals surface area contributed by atoms with Gasteiger partial charge in [0.25, 0.3) is 0 Å². The Kier molecular flexibility index (Phi) is 3.17. The lowest BCUT2D eigenvalue weighted by atomic mass is 10.2. The van der Waals surface area contributed by atoms with Crippen LogP contribution in [0.5, 0.6) is 0 Å². The highest BCUT2D eigenvalue weighted by Crippen LogP contribution is 2.24. The molecule has 5 heteroatoms. The quantitative estimate of drug-likeness (QED) is 0.696. The van der Waals surface area contributed by atoms with Crippen molar-refractivity contribution in [3.63, 3.8) is 0 Å². The number of hydrogen-bond donors (Lipinski definition) is 0. The van der Waals surface area contributed by atoms with Gasteiger partial charge >= 0.3 is 0 Å². The minimum atomic E-state index is -2.94. The second kappa shape index (κ2) is 3.64. The standard InChI is InChI=1S/C7H14BrNO2S/c1-6(2)9-7(5-8)3-4-12(9,10)11/h6-7H,3-5H2,1-2H3. The summed E-state index contributed by atoms with van der Waals surface area (Å²) < 4.78 is 24.6. The Hall–Kier alpha value is 0.390. The van der Waals surface area contributed by atoms with E-state index in [1.54, 1.807) is 4.31 Å². The highest BCUT2D eigenvalue weighted by molar-refractivity contribution is 9.09. The molecule has 3 nitrogen and oxygen atoms in total. The van der Waals surface area contributed by atoms with Gasteiger partial charge < -0.3 is 0 Å². The molecule has 0 aromatic heterocycles. The van der Waals surface area contributed by atoms with Gasteiger partial charge in [0.15, 0.2) is 0 Å². The smallest absolute Gasteiger partial charge is 0.212 e. The zero-order chi connectivity index (χ0) is 9.35. The SMILES string of the molecule is CC(C)N1C(CBr)CCS1(=O)=O. The van der Waals surface area contributed by atoms with Crippen molar-refractivity contribution in [3.05, 3.63) is 0 Å². The van der Waals surface area contributed by atoms with Crippen LogP contribution in [0.25, 0.3) is 0 Å². The van der Waals surface area contributed by atoms with Gasteiger partial charge in [-0.05, 0) is 20.3 Å². The van der Waals surface area contributed by atoms with E-state index in [1.165, 1.54) is 0 Å². The summed E-state index contributed by atoms with van der Waals surface area (Å²) in [6.45, 7) is 3.83. The van der Waals surface area contributed by atoms with E-state index in [0.29, 0.717) is 5.75 Å². The lowest BCUT2D eigenvalue weighted by Gasteiger charge is -2.24. The minimum absolute atomic E-state index is 0.0834. The van der Waals surface area contributed by atoms with E-state index in [2.05, 4.69) is 15.9 Å². The van der Waals surface area contributed by atoms with E-state index in [1.807, 2.05) is 13.8 Å². The molecule has 1 aliphatic rings. The molecule has 1 rings (SSSR count). The Balaban J connectivity index is 2.88. The number of sulfonamides is 1. The number of rotatable bonds is 2. The molecule has 1 aliphatic heterocycles. The number of hydrogen-bond acceptors (Lipinski definition) is 2. The molecule has 0 N–H and O–H groups in total. The Bertz CT molecular complexity index is 250. The van der Waals surface area contributed by atoms with Gasteiger partial charge in [-0.25, -0.2) is 8.42 Å². The molecule has 72 valence electrons. The highest BCUT2D eigenvalue weighted by Gasteiger charge is 2.37. The first kappa shape index (κ1) is 10.5. The first-order valence-electron chi connectivity index (χ1n) is 4.06. The third kappa shape index (κ3) is 1.83. The van der Waals surface area contributed by atoms with Crippen LogP contribution in [0.3, 0.4) is 0 Å².